The first-order valence-electron chi connectivity index (χ1n) is 7.25. The number of benzene rings is 1. The summed E-state index contributed by atoms with van der Waals surface area (Å²) in [5, 5.41) is 7.66. The number of hydrogen-bond donors (Lipinski definition) is 3. The van der Waals surface area contributed by atoms with E-state index < -0.39 is 11.8 Å². The number of nitrogens with one attached hydrogen (secondary N) is 3. The van der Waals surface area contributed by atoms with E-state index in [0.717, 1.165) is 5.56 Å². The van der Waals surface area contributed by atoms with Crippen molar-refractivity contribution in [3.63, 3.8) is 0 Å². The molecule has 0 fully saturated rings. The maximum Gasteiger partial charge on any atom is 0.278 e. The summed E-state index contributed by atoms with van der Waals surface area (Å²) >= 11 is 1.29. The van der Waals surface area contributed by atoms with Crippen molar-refractivity contribution >= 4 is 28.3 Å². The van der Waals surface area contributed by atoms with Crippen LogP contribution in [0.1, 0.15) is 39.5 Å². The zero-order valence-corrected chi connectivity index (χ0v) is 13.6. The lowest BCUT2D eigenvalue weighted by atomic mass is 10.1. The Balaban J connectivity index is 1.72. The number of amides is 2. The summed E-state index contributed by atoms with van der Waals surface area (Å²) < 4.78 is 0. The Labute approximate surface area is 142 Å². The minimum atomic E-state index is -0.483. The monoisotopic (exact) mass is 341 g/mol. The average molecular weight is 341 g/mol. The van der Waals surface area contributed by atoms with Crippen LogP contribution in [-0.2, 0) is 0 Å². The molecule has 0 aliphatic rings. The topological polar surface area (TPSA) is 99.8 Å². The molecule has 3 rings (SSSR count). The number of aromatic amines is 1. The Morgan fingerprint density at radius 3 is 2.67 bits per heavy atom. The van der Waals surface area contributed by atoms with Crippen LogP contribution in [0.3, 0.4) is 0 Å². The van der Waals surface area contributed by atoms with Gasteiger partial charge in [-0.2, -0.15) is 0 Å². The van der Waals surface area contributed by atoms with E-state index in [9.17, 15) is 9.59 Å². The van der Waals surface area contributed by atoms with Gasteiger partial charge in [0.25, 0.3) is 11.8 Å². The summed E-state index contributed by atoms with van der Waals surface area (Å²) in [4.78, 5) is 35.3. The molecule has 0 aliphatic carbocycles. The number of aromatic nitrogens is 3. The van der Waals surface area contributed by atoms with Crippen LogP contribution in [0.5, 0.6) is 0 Å². The number of thiazole rings is 1. The van der Waals surface area contributed by atoms with Gasteiger partial charge < -0.3 is 10.3 Å². The van der Waals surface area contributed by atoms with Crippen LogP contribution in [0, 0.1) is 0 Å². The molecular weight excluding hydrogens is 326 g/mol. The van der Waals surface area contributed by atoms with Crippen LogP contribution >= 0.6 is 11.3 Å². The molecule has 1 atom stereocenters. The smallest absolute Gasteiger partial charge is 0.278 e. The molecule has 3 aromatic rings. The molecule has 0 saturated heterocycles. The van der Waals surface area contributed by atoms with Crippen molar-refractivity contribution in [3.05, 3.63) is 65.2 Å². The molecule has 0 aliphatic heterocycles. The van der Waals surface area contributed by atoms with E-state index in [0.29, 0.717) is 5.13 Å². The van der Waals surface area contributed by atoms with Gasteiger partial charge in [-0.3, -0.25) is 14.9 Å². The van der Waals surface area contributed by atoms with Crippen LogP contribution in [0.25, 0.3) is 0 Å². The van der Waals surface area contributed by atoms with Crippen molar-refractivity contribution in [1.29, 1.82) is 0 Å². The van der Waals surface area contributed by atoms with Gasteiger partial charge in [0, 0.05) is 11.6 Å². The predicted molar refractivity (Wildman–Crippen MR) is 91.0 cm³/mol. The third-order valence-corrected chi connectivity index (χ3v) is 4.07. The first-order valence-corrected chi connectivity index (χ1v) is 8.13. The van der Waals surface area contributed by atoms with E-state index in [1.165, 1.54) is 17.7 Å². The molecule has 3 N–H and O–H groups in total. The van der Waals surface area contributed by atoms with Gasteiger partial charge in [0.15, 0.2) is 10.8 Å². The number of hydrogen-bond acceptors (Lipinski definition) is 5. The number of rotatable bonds is 5. The van der Waals surface area contributed by atoms with Gasteiger partial charge in [0.1, 0.15) is 5.69 Å². The molecule has 0 spiro atoms. The standard InChI is InChI=1S/C16H15N5O2S/c1-10(11-5-3-2-4-6-11)20-14(22)12-13(19-9-18-12)15(23)21-16-17-7-8-24-16/h2-10H,1H3,(H,18,19)(H,20,22)(H,17,21,23)/t10-/m0/s1. The van der Waals surface area contributed by atoms with E-state index in [-0.39, 0.29) is 17.4 Å². The molecule has 8 heteroatoms. The molecular formula is C16H15N5O2S. The Kier molecular flexibility index (Phi) is 4.66. The SMILES string of the molecule is C[C@H](NC(=O)c1[nH]cnc1C(=O)Nc1nccs1)c1ccccc1. The molecule has 7 nitrogen and oxygen atoms in total. The van der Waals surface area contributed by atoms with Gasteiger partial charge in [0.2, 0.25) is 0 Å². The second-order valence-corrected chi connectivity index (χ2v) is 5.92. The first kappa shape index (κ1) is 15.9. The van der Waals surface area contributed by atoms with Crippen molar-refractivity contribution in [2.75, 3.05) is 5.32 Å². The Morgan fingerprint density at radius 1 is 1.17 bits per heavy atom. The maximum absolute atomic E-state index is 12.4. The number of imidazole rings is 1. The van der Waals surface area contributed by atoms with Crippen LogP contribution in [0.15, 0.2) is 48.2 Å². The van der Waals surface area contributed by atoms with Crippen LogP contribution in [0.4, 0.5) is 5.13 Å². The molecule has 122 valence electrons. The highest BCUT2D eigenvalue weighted by molar-refractivity contribution is 7.13. The van der Waals surface area contributed by atoms with Crippen LogP contribution in [-0.4, -0.2) is 26.8 Å². The Morgan fingerprint density at radius 2 is 1.96 bits per heavy atom. The molecule has 2 amide bonds. The quantitative estimate of drug-likeness (QED) is 0.664. The van der Waals surface area contributed by atoms with Gasteiger partial charge in [-0.05, 0) is 12.5 Å². The van der Waals surface area contributed by atoms with Crippen molar-refractivity contribution < 1.29 is 9.59 Å². The fourth-order valence-electron chi connectivity index (χ4n) is 2.17. The third-order valence-electron chi connectivity index (χ3n) is 3.38. The molecule has 1 aromatic carbocycles. The van der Waals surface area contributed by atoms with Crippen molar-refractivity contribution in [1.82, 2.24) is 20.3 Å². The predicted octanol–water partition coefficient (Wildman–Crippen LogP) is 2.61. The molecule has 24 heavy (non-hydrogen) atoms. The molecule has 2 heterocycles. The average Bonchev–Trinajstić information content (AvgIpc) is 3.27. The van der Waals surface area contributed by atoms with Gasteiger partial charge in [-0.25, -0.2) is 9.97 Å². The number of carbonyl (C=O) groups is 2. The Bertz CT molecular complexity index is 829. The van der Waals surface area contributed by atoms with Gasteiger partial charge in [-0.15, -0.1) is 11.3 Å². The van der Waals surface area contributed by atoms with E-state index in [2.05, 4.69) is 25.6 Å². The summed E-state index contributed by atoms with van der Waals surface area (Å²) in [7, 11) is 0. The first-order chi connectivity index (χ1) is 11.6. The zero-order valence-electron chi connectivity index (χ0n) is 12.8. The number of carbonyl (C=O) groups excluding carboxylic acids is 2. The summed E-state index contributed by atoms with van der Waals surface area (Å²) in [6.45, 7) is 1.87. The minimum absolute atomic E-state index is 0.0305. The fraction of sp³-hybridized carbons (Fsp3) is 0.125. The molecule has 0 bridgehead atoms. The minimum Gasteiger partial charge on any atom is -0.344 e. The van der Waals surface area contributed by atoms with Gasteiger partial charge >= 0.3 is 0 Å². The van der Waals surface area contributed by atoms with E-state index in [4.69, 9.17) is 0 Å². The summed E-state index contributed by atoms with van der Waals surface area (Å²) in [5.74, 6) is -0.878. The fourth-order valence-corrected chi connectivity index (χ4v) is 2.70. The highest BCUT2D eigenvalue weighted by atomic mass is 32.1. The highest BCUT2D eigenvalue weighted by Crippen LogP contribution is 2.15. The summed E-state index contributed by atoms with van der Waals surface area (Å²) in [6.07, 6.45) is 2.90. The lowest BCUT2D eigenvalue weighted by molar-refractivity contribution is 0.0923. The highest BCUT2D eigenvalue weighted by Gasteiger charge is 2.22. The zero-order chi connectivity index (χ0) is 16.9. The van der Waals surface area contributed by atoms with E-state index in [1.54, 1.807) is 11.6 Å². The number of anilines is 1. The second-order valence-electron chi connectivity index (χ2n) is 5.02. The summed E-state index contributed by atoms with van der Waals surface area (Å²) in [5.41, 5.74) is 1.12. The van der Waals surface area contributed by atoms with Gasteiger partial charge in [-0.1, -0.05) is 30.3 Å². The van der Waals surface area contributed by atoms with E-state index >= 15 is 0 Å². The van der Waals surface area contributed by atoms with Crippen molar-refractivity contribution in [2.45, 2.75) is 13.0 Å². The molecule has 0 radical (unpaired) electrons. The molecule has 0 unspecified atom stereocenters. The number of nitrogens with zero attached hydrogens (tertiary/aromatic N) is 2. The molecule has 0 saturated carbocycles. The maximum atomic E-state index is 12.4. The van der Waals surface area contributed by atoms with Crippen molar-refractivity contribution in [3.8, 4) is 0 Å². The van der Waals surface area contributed by atoms with Gasteiger partial charge in [0.05, 0.1) is 12.4 Å². The lowest BCUT2D eigenvalue weighted by Crippen LogP contribution is -2.29. The normalized spacial score (nSPS) is 11.7. The number of H-pyrrole nitrogens is 1. The lowest BCUT2D eigenvalue weighted by Gasteiger charge is -2.14. The second kappa shape index (κ2) is 7.05. The van der Waals surface area contributed by atoms with Crippen LogP contribution < -0.4 is 10.6 Å². The van der Waals surface area contributed by atoms with E-state index in [1.807, 2.05) is 37.3 Å². The summed E-state index contributed by atoms with van der Waals surface area (Å²) in [6, 6.07) is 9.37. The van der Waals surface area contributed by atoms with Crippen molar-refractivity contribution in [2.24, 2.45) is 0 Å². The molecule has 2 aromatic heterocycles. The third kappa shape index (κ3) is 3.49. The Hall–Kier alpha value is -3.00. The largest absolute Gasteiger partial charge is 0.344 e. The van der Waals surface area contributed by atoms with Crippen LogP contribution in [0.2, 0.25) is 0 Å².